The number of nitro groups is 1. The van der Waals surface area contributed by atoms with E-state index in [-0.39, 0.29) is 12.3 Å². The number of furan rings is 1. The van der Waals surface area contributed by atoms with Crippen LogP contribution in [0.3, 0.4) is 0 Å². The lowest BCUT2D eigenvalue weighted by molar-refractivity contribution is -0.385. The van der Waals surface area contributed by atoms with E-state index in [4.69, 9.17) is 9.15 Å². The van der Waals surface area contributed by atoms with Crippen LogP contribution in [0.1, 0.15) is 22.6 Å². The molecule has 0 unspecified atom stereocenters. The number of amides is 1. The van der Waals surface area contributed by atoms with Crippen molar-refractivity contribution in [1.29, 1.82) is 0 Å². The van der Waals surface area contributed by atoms with Gasteiger partial charge in [0, 0.05) is 12.1 Å². The molecule has 0 bridgehead atoms. The molecule has 2 aromatic rings. The standard InChI is InChI=1S/C16H17N3O5/c1-10-6-13(19(21)22)7-11(2)16(10)23-9-15(20)18-17-8-14-5-4-12(3)24-14/h4-8H,9H2,1-3H3,(H,18,20)/b17-8-. The average Bonchev–Trinajstić information content (AvgIpc) is 2.91. The molecule has 0 spiro atoms. The van der Waals surface area contributed by atoms with Crippen molar-refractivity contribution in [2.45, 2.75) is 20.8 Å². The number of aryl methyl sites for hydroxylation is 3. The summed E-state index contributed by atoms with van der Waals surface area (Å²) in [5, 5.41) is 14.6. The highest BCUT2D eigenvalue weighted by Gasteiger charge is 2.14. The third kappa shape index (κ3) is 4.42. The number of benzene rings is 1. The van der Waals surface area contributed by atoms with Gasteiger partial charge < -0.3 is 9.15 Å². The van der Waals surface area contributed by atoms with E-state index in [1.165, 1.54) is 18.3 Å². The Bertz CT molecular complexity index is 772. The summed E-state index contributed by atoms with van der Waals surface area (Å²) in [7, 11) is 0. The van der Waals surface area contributed by atoms with Gasteiger partial charge in [0.1, 0.15) is 17.3 Å². The van der Waals surface area contributed by atoms with Crippen molar-refractivity contribution < 1.29 is 18.9 Å². The van der Waals surface area contributed by atoms with Crippen LogP contribution in [0, 0.1) is 30.9 Å². The number of nitrogens with zero attached hydrogens (tertiary/aromatic N) is 2. The second kappa shape index (κ2) is 7.40. The molecule has 0 radical (unpaired) electrons. The van der Waals surface area contributed by atoms with Gasteiger partial charge in [-0.1, -0.05) is 0 Å². The van der Waals surface area contributed by atoms with E-state index in [1.54, 1.807) is 32.9 Å². The van der Waals surface area contributed by atoms with Gasteiger partial charge >= 0.3 is 0 Å². The summed E-state index contributed by atoms with van der Waals surface area (Å²) in [5.41, 5.74) is 3.48. The Morgan fingerprint density at radius 2 is 2.00 bits per heavy atom. The van der Waals surface area contributed by atoms with Crippen LogP contribution in [0.15, 0.2) is 33.8 Å². The summed E-state index contributed by atoms with van der Waals surface area (Å²) < 4.78 is 10.7. The number of carbonyl (C=O) groups is 1. The van der Waals surface area contributed by atoms with E-state index in [1.807, 2.05) is 0 Å². The smallest absolute Gasteiger partial charge is 0.277 e. The monoisotopic (exact) mass is 331 g/mol. The predicted octanol–water partition coefficient (Wildman–Crippen LogP) is 2.64. The van der Waals surface area contributed by atoms with Crippen LogP contribution >= 0.6 is 0 Å². The number of nitrogens with one attached hydrogen (secondary N) is 1. The predicted molar refractivity (Wildman–Crippen MR) is 87.2 cm³/mol. The molecule has 0 saturated carbocycles. The number of non-ortho nitro benzene ring substituents is 1. The van der Waals surface area contributed by atoms with Gasteiger partial charge in [0.2, 0.25) is 0 Å². The Kier molecular flexibility index (Phi) is 5.31. The third-order valence-corrected chi connectivity index (χ3v) is 3.15. The lowest BCUT2D eigenvalue weighted by atomic mass is 10.1. The molecule has 2 rings (SSSR count). The molecule has 1 aromatic carbocycles. The van der Waals surface area contributed by atoms with Crippen LogP contribution in [0.25, 0.3) is 0 Å². The van der Waals surface area contributed by atoms with Gasteiger partial charge in [-0.15, -0.1) is 0 Å². The van der Waals surface area contributed by atoms with Crippen molar-refractivity contribution in [2.75, 3.05) is 6.61 Å². The fraction of sp³-hybridized carbons (Fsp3) is 0.250. The number of hydrazone groups is 1. The Hall–Kier alpha value is -3.16. The van der Waals surface area contributed by atoms with E-state index < -0.39 is 10.8 Å². The van der Waals surface area contributed by atoms with Crippen LogP contribution in [0.5, 0.6) is 5.75 Å². The molecule has 0 atom stereocenters. The van der Waals surface area contributed by atoms with Gasteiger partial charge in [-0.05, 0) is 44.0 Å². The van der Waals surface area contributed by atoms with Crippen molar-refractivity contribution >= 4 is 17.8 Å². The lowest BCUT2D eigenvalue weighted by Crippen LogP contribution is -2.25. The first-order chi connectivity index (χ1) is 11.4. The van der Waals surface area contributed by atoms with Crippen molar-refractivity contribution in [3.8, 4) is 5.75 Å². The zero-order chi connectivity index (χ0) is 17.7. The van der Waals surface area contributed by atoms with E-state index in [2.05, 4.69) is 10.5 Å². The Labute approximate surface area is 138 Å². The zero-order valence-corrected chi connectivity index (χ0v) is 13.5. The number of ether oxygens (including phenoxy) is 1. The molecule has 8 nitrogen and oxygen atoms in total. The third-order valence-electron chi connectivity index (χ3n) is 3.15. The molecule has 1 amide bonds. The largest absolute Gasteiger partial charge is 0.483 e. The van der Waals surface area contributed by atoms with E-state index in [9.17, 15) is 14.9 Å². The topological polar surface area (TPSA) is 107 Å². The number of nitro benzene ring substituents is 1. The molecule has 1 N–H and O–H groups in total. The van der Waals surface area contributed by atoms with Gasteiger partial charge in [0.05, 0.1) is 11.1 Å². The van der Waals surface area contributed by atoms with Crippen molar-refractivity contribution in [1.82, 2.24) is 5.43 Å². The summed E-state index contributed by atoms with van der Waals surface area (Å²) in [5.74, 6) is 1.26. The molecule has 1 heterocycles. The Morgan fingerprint density at radius 3 is 2.54 bits per heavy atom. The maximum atomic E-state index is 11.7. The molecular weight excluding hydrogens is 314 g/mol. The molecule has 0 aliphatic rings. The second-order valence-electron chi connectivity index (χ2n) is 5.20. The highest BCUT2D eigenvalue weighted by atomic mass is 16.6. The van der Waals surface area contributed by atoms with Crippen molar-refractivity contribution in [2.24, 2.45) is 5.10 Å². The van der Waals surface area contributed by atoms with Crippen LogP contribution in [-0.4, -0.2) is 23.7 Å². The summed E-state index contributed by atoms with van der Waals surface area (Å²) >= 11 is 0. The molecule has 8 heteroatoms. The SMILES string of the molecule is Cc1ccc(/C=N\NC(=O)COc2c(C)cc([N+](=O)[O-])cc2C)o1. The molecule has 0 aliphatic carbocycles. The lowest BCUT2D eigenvalue weighted by Gasteiger charge is -2.11. The van der Waals surface area contributed by atoms with Crippen molar-refractivity contribution in [3.63, 3.8) is 0 Å². The minimum absolute atomic E-state index is 0.0138. The Balaban J connectivity index is 1.92. The quantitative estimate of drug-likeness (QED) is 0.497. The number of hydrogen-bond donors (Lipinski definition) is 1. The highest BCUT2D eigenvalue weighted by Crippen LogP contribution is 2.28. The average molecular weight is 331 g/mol. The molecule has 0 saturated heterocycles. The molecule has 24 heavy (non-hydrogen) atoms. The fourth-order valence-electron chi connectivity index (χ4n) is 2.12. The fourth-order valence-corrected chi connectivity index (χ4v) is 2.12. The summed E-state index contributed by atoms with van der Waals surface area (Å²) in [6, 6.07) is 6.31. The first kappa shape index (κ1) is 17.2. The van der Waals surface area contributed by atoms with Gasteiger partial charge in [0.15, 0.2) is 6.61 Å². The maximum absolute atomic E-state index is 11.7. The highest BCUT2D eigenvalue weighted by molar-refractivity contribution is 5.81. The van der Waals surface area contributed by atoms with Crippen LogP contribution in [0.4, 0.5) is 5.69 Å². The molecule has 1 aromatic heterocycles. The van der Waals surface area contributed by atoms with Crippen LogP contribution in [0.2, 0.25) is 0 Å². The number of rotatable bonds is 6. The van der Waals surface area contributed by atoms with Gasteiger partial charge in [-0.25, -0.2) is 5.43 Å². The van der Waals surface area contributed by atoms with E-state index >= 15 is 0 Å². The van der Waals surface area contributed by atoms with Crippen LogP contribution in [-0.2, 0) is 4.79 Å². The minimum Gasteiger partial charge on any atom is -0.483 e. The first-order valence-corrected chi connectivity index (χ1v) is 7.13. The van der Waals surface area contributed by atoms with Gasteiger partial charge in [-0.2, -0.15) is 5.10 Å². The van der Waals surface area contributed by atoms with Gasteiger partial charge in [0.25, 0.3) is 11.6 Å². The molecule has 0 fully saturated rings. The van der Waals surface area contributed by atoms with E-state index in [0.29, 0.717) is 22.6 Å². The van der Waals surface area contributed by atoms with E-state index in [0.717, 1.165) is 5.76 Å². The summed E-state index contributed by atoms with van der Waals surface area (Å²) in [6.07, 6.45) is 1.38. The first-order valence-electron chi connectivity index (χ1n) is 7.13. The molecular formula is C16H17N3O5. The van der Waals surface area contributed by atoms with Crippen LogP contribution < -0.4 is 10.2 Å². The normalized spacial score (nSPS) is 10.8. The molecule has 0 aliphatic heterocycles. The maximum Gasteiger partial charge on any atom is 0.277 e. The summed E-state index contributed by atoms with van der Waals surface area (Å²) in [4.78, 5) is 22.0. The zero-order valence-electron chi connectivity index (χ0n) is 13.5. The Morgan fingerprint density at radius 1 is 1.33 bits per heavy atom. The number of hydrogen-bond acceptors (Lipinski definition) is 6. The molecule has 126 valence electrons. The van der Waals surface area contributed by atoms with Gasteiger partial charge in [-0.3, -0.25) is 14.9 Å². The summed E-state index contributed by atoms with van der Waals surface area (Å²) in [6.45, 7) is 4.92. The number of carbonyl (C=O) groups excluding carboxylic acids is 1. The minimum atomic E-state index is -0.471. The van der Waals surface area contributed by atoms with Crippen molar-refractivity contribution in [3.05, 3.63) is 57.0 Å². The second-order valence-corrected chi connectivity index (χ2v) is 5.20.